The highest BCUT2D eigenvalue weighted by Crippen LogP contribution is 2.29. The van der Waals surface area contributed by atoms with Crippen LogP contribution in [0.3, 0.4) is 0 Å². The SMILES string of the molecule is C[Si+]C(C)(C)CCOc1cccc(Nc2nc(Cl)ncc2Cl)c1. The fourth-order valence-electron chi connectivity index (χ4n) is 1.78. The van der Waals surface area contributed by atoms with E-state index in [0.29, 0.717) is 22.5 Å². The van der Waals surface area contributed by atoms with Crippen molar-refractivity contribution >= 4 is 44.2 Å². The van der Waals surface area contributed by atoms with Gasteiger partial charge in [0.15, 0.2) is 5.82 Å². The van der Waals surface area contributed by atoms with Gasteiger partial charge < -0.3 is 10.1 Å². The summed E-state index contributed by atoms with van der Waals surface area (Å²) in [5.41, 5.74) is 0.829. The number of nitrogens with zero attached hydrogens (tertiary/aromatic N) is 2. The van der Waals surface area contributed by atoms with Crippen LogP contribution in [0.2, 0.25) is 21.9 Å². The van der Waals surface area contributed by atoms with Gasteiger partial charge in [0.05, 0.1) is 19.4 Å². The molecule has 1 N–H and O–H groups in total. The number of rotatable bonds is 7. The zero-order valence-electron chi connectivity index (χ0n) is 13.4. The molecular formula is C16H19Cl2N3OSi+. The first kappa shape index (κ1) is 18.0. The molecule has 0 saturated carbocycles. The molecule has 0 aliphatic carbocycles. The lowest BCUT2D eigenvalue weighted by atomic mass is 10.1. The molecule has 0 unspecified atom stereocenters. The molecule has 121 valence electrons. The van der Waals surface area contributed by atoms with Gasteiger partial charge in [0, 0.05) is 18.2 Å². The van der Waals surface area contributed by atoms with Gasteiger partial charge in [0.1, 0.15) is 15.8 Å². The Bertz CT molecular complexity index is 668. The van der Waals surface area contributed by atoms with Crippen LogP contribution in [-0.4, -0.2) is 26.1 Å². The summed E-state index contributed by atoms with van der Waals surface area (Å²) in [6.07, 6.45) is 2.49. The van der Waals surface area contributed by atoms with Gasteiger partial charge in [-0.15, -0.1) is 0 Å². The second-order valence-electron chi connectivity index (χ2n) is 5.72. The second kappa shape index (κ2) is 7.99. The lowest BCUT2D eigenvalue weighted by Gasteiger charge is -2.13. The third-order valence-electron chi connectivity index (χ3n) is 3.48. The number of hydrogen-bond donors (Lipinski definition) is 1. The Kier molecular flexibility index (Phi) is 6.27. The molecule has 0 atom stereocenters. The summed E-state index contributed by atoms with van der Waals surface area (Å²) in [4.78, 5) is 7.90. The summed E-state index contributed by atoms with van der Waals surface area (Å²) in [6.45, 7) is 7.43. The Balaban J connectivity index is 2.01. The van der Waals surface area contributed by atoms with E-state index in [1.807, 2.05) is 24.3 Å². The largest absolute Gasteiger partial charge is 0.493 e. The fraction of sp³-hybridized carbons (Fsp3) is 0.375. The monoisotopic (exact) mass is 367 g/mol. The molecule has 2 aromatic rings. The van der Waals surface area contributed by atoms with Crippen molar-refractivity contribution in [2.75, 3.05) is 11.9 Å². The number of halogens is 2. The van der Waals surface area contributed by atoms with Crippen LogP contribution in [0.5, 0.6) is 5.75 Å². The number of aromatic nitrogens is 2. The van der Waals surface area contributed by atoms with E-state index in [1.54, 1.807) is 0 Å². The van der Waals surface area contributed by atoms with E-state index in [0.717, 1.165) is 27.4 Å². The van der Waals surface area contributed by atoms with Crippen LogP contribution in [0, 0.1) is 0 Å². The standard InChI is InChI=1S/C16H19Cl2N3OSi/c1-16(2,23-3)7-8-22-12-6-4-5-11(9-12)20-14-13(17)10-19-15(18)21-14/h4-6,9-10H,7-8H2,1-3H3,(H,19,20,21)/q+1. The van der Waals surface area contributed by atoms with Crippen LogP contribution < -0.4 is 10.1 Å². The van der Waals surface area contributed by atoms with Gasteiger partial charge in [-0.25, -0.2) is 4.98 Å². The van der Waals surface area contributed by atoms with Gasteiger partial charge in [-0.2, -0.15) is 4.98 Å². The average Bonchev–Trinajstić information content (AvgIpc) is 2.51. The minimum Gasteiger partial charge on any atom is -0.493 e. The van der Waals surface area contributed by atoms with Gasteiger partial charge in [-0.1, -0.05) is 17.7 Å². The van der Waals surface area contributed by atoms with Gasteiger partial charge in [0.2, 0.25) is 5.28 Å². The van der Waals surface area contributed by atoms with E-state index in [1.165, 1.54) is 6.20 Å². The van der Waals surface area contributed by atoms with Crippen molar-refractivity contribution in [1.82, 2.24) is 9.97 Å². The predicted molar refractivity (Wildman–Crippen MR) is 97.5 cm³/mol. The Labute approximate surface area is 149 Å². The lowest BCUT2D eigenvalue weighted by molar-refractivity contribution is 0.293. The van der Waals surface area contributed by atoms with E-state index >= 15 is 0 Å². The molecule has 0 aliphatic heterocycles. The quantitative estimate of drug-likeness (QED) is 0.536. The van der Waals surface area contributed by atoms with E-state index in [4.69, 9.17) is 27.9 Å². The summed E-state index contributed by atoms with van der Waals surface area (Å²) in [7, 11) is 0.894. The fourth-order valence-corrected chi connectivity index (χ4v) is 2.41. The summed E-state index contributed by atoms with van der Waals surface area (Å²) in [6, 6.07) is 7.67. The van der Waals surface area contributed by atoms with Crippen LogP contribution in [0.1, 0.15) is 20.3 Å². The number of nitrogens with one attached hydrogen (secondary N) is 1. The Morgan fingerprint density at radius 3 is 2.83 bits per heavy atom. The highest BCUT2D eigenvalue weighted by Gasteiger charge is 2.30. The number of ether oxygens (including phenoxy) is 1. The van der Waals surface area contributed by atoms with Crippen molar-refractivity contribution in [2.45, 2.75) is 31.9 Å². The summed E-state index contributed by atoms with van der Waals surface area (Å²) < 4.78 is 5.85. The first-order chi connectivity index (χ1) is 10.9. The molecule has 0 fully saturated rings. The predicted octanol–water partition coefficient (Wildman–Crippen LogP) is 5.25. The molecule has 23 heavy (non-hydrogen) atoms. The maximum atomic E-state index is 6.06. The molecule has 7 heteroatoms. The third-order valence-corrected chi connectivity index (χ3v) is 5.55. The summed E-state index contributed by atoms with van der Waals surface area (Å²) >= 11 is 11.9. The zero-order chi connectivity index (χ0) is 16.9. The molecule has 0 bridgehead atoms. The number of hydrogen-bond acceptors (Lipinski definition) is 4. The number of anilines is 2. The zero-order valence-corrected chi connectivity index (χ0v) is 15.9. The highest BCUT2D eigenvalue weighted by molar-refractivity contribution is 6.37. The van der Waals surface area contributed by atoms with Crippen molar-refractivity contribution < 1.29 is 4.74 Å². The van der Waals surface area contributed by atoms with Crippen LogP contribution in [0.4, 0.5) is 11.5 Å². The first-order valence-corrected chi connectivity index (χ1v) is 9.52. The summed E-state index contributed by atoms with van der Waals surface area (Å²) in [5, 5.41) is 4.00. The van der Waals surface area contributed by atoms with Crippen LogP contribution in [0.25, 0.3) is 0 Å². The Morgan fingerprint density at radius 2 is 2.09 bits per heavy atom. The van der Waals surface area contributed by atoms with Gasteiger partial charge in [-0.05, 0) is 37.6 Å². The summed E-state index contributed by atoms with van der Waals surface area (Å²) in [5.74, 6) is 1.28. The maximum Gasteiger partial charge on any atom is 0.483 e. The first-order valence-electron chi connectivity index (χ1n) is 7.26. The lowest BCUT2D eigenvalue weighted by Crippen LogP contribution is -2.14. The molecule has 1 heterocycles. The van der Waals surface area contributed by atoms with Crippen molar-refractivity contribution in [2.24, 2.45) is 0 Å². The van der Waals surface area contributed by atoms with E-state index in [2.05, 4.69) is 35.7 Å². The number of benzene rings is 1. The van der Waals surface area contributed by atoms with Crippen molar-refractivity contribution in [3.63, 3.8) is 0 Å². The third kappa shape index (κ3) is 5.68. The Morgan fingerprint density at radius 1 is 1.30 bits per heavy atom. The topological polar surface area (TPSA) is 47.0 Å². The smallest absolute Gasteiger partial charge is 0.483 e. The van der Waals surface area contributed by atoms with E-state index in [9.17, 15) is 0 Å². The maximum absolute atomic E-state index is 6.06. The van der Waals surface area contributed by atoms with Crippen LogP contribution >= 0.6 is 23.2 Å². The van der Waals surface area contributed by atoms with Crippen molar-refractivity contribution in [3.8, 4) is 5.75 Å². The normalized spacial score (nSPS) is 11.2. The molecular weight excluding hydrogens is 349 g/mol. The molecule has 1 aromatic carbocycles. The molecule has 0 saturated heterocycles. The molecule has 0 aliphatic rings. The van der Waals surface area contributed by atoms with Crippen LogP contribution in [-0.2, 0) is 0 Å². The average molecular weight is 368 g/mol. The van der Waals surface area contributed by atoms with Gasteiger partial charge >= 0.3 is 9.52 Å². The highest BCUT2D eigenvalue weighted by atomic mass is 35.5. The minimum absolute atomic E-state index is 0.145. The minimum atomic E-state index is 0.145. The Hall–Kier alpha value is -1.30. The second-order valence-corrected chi connectivity index (χ2v) is 8.32. The molecule has 4 nitrogen and oxygen atoms in total. The van der Waals surface area contributed by atoms with Crippen molar-refractivity contribution in [3.05, 3.63) is 40.8 Å². The molecule has 1 radical (unpaired) electrons. The van der Waals surface area contributed by atoms with E-state index in [-0.39, 0.29) is 5.28 Å². The molecule has 2 rings (SSSR count). The van der Waals surface area contributed by atoms with E-state index < -0.39 is 0 Å². The van der Waals surface area contributed by atoms with Gasteiger partial charge in [-0.3, -0.25) is 0 Å². The molecule has 0 amide bonds. The molecule has 1 aromatic heterocycles. The molecule has 0 spiro atoms. The van der Waals surface area contributed by atoms with Crippen LogP contribution in [0.15, 0.2) is 30.5 Å². The van der Waals surface area contributed by atoms with Gasteiger partial charge in [0.25, 0.3) is 0 Å². The van der Waals surface area contributed by atoms with Crippen molar-refractivity contribution in [1.29, 1.82) is 0 Å².